The van der Waals surface area contributed by atoms with Gasteiger partial charge in [-0.1, -0.05) is 19.9 Å². The summed E-state index contributed by atoms with van der Waals surface area (Å²) >= 11 is 1.71. The molecule has 1 N–H and O–H groups in total. The highest BCUT2D eigenvalue weighted by Crippen LogP contribution is 2.15. The average Bonchev–Trinajstić information content (AvgIpc) is 2.87. The minimum absolute atomic E-state index is 0.461. The molecule has 0 aliphatic carbocycles. The number of rotatable bonds is 6. The smallest absolute Gasteiger partial charge is 0.123 e. The molecule has 0 spiro atoms. The summed E-state index contributed by atoms with van der Waals surface area (Å²) in [6.07, 6.45) is 1.79. The molecule has 0 aromatic carbocycles. The lowest BCUT2D eigenvalue weighted by atomic mass is 10.3. The molecule has 3 nitrogen and oxygen atoms in total. The highest BCUT2D eigenvalue weighted by molar-refractivity contribution is 7.09. The second-order valence-corrected chi connectivity index (χ2v) is 5.42. The normalized spacial score (nSPS) is 10.8. The van der Waals surface area contributed by atoms with Crippen molar-refractivity contribution in [3.05, 3.63) is 46.4 Å². The van der Waals surface area contributed by atoms with Crippen LogP contribution in [0.1, 0.15) is 24.4 Å². The van der Waals surface area contributed by atoms with E-state index >= 15 is 0 Å². The van der Waals surface area contributed by atoms with Gasteiger partial charge in [-0.25, -0.2) is 0 Å². The van der Waals surface area contributed by atoms with Gasteiger partial charge in [-0.2, -0.15) is 0 Å². The fraction of sp³-hybridized carbons (Fsp3) is 0.357. The van der Waals surface area contributed by atoms with Crippen LogP contribution >= 0.6 is 11.3 Å². The van der Waals surface area contributed by atoms with Crippen LogP contribution in [0.4, 0.5) is 0 Å². The van der Waals surface area contributed by atoms with Gasteiger partial charge < -0.3 is 10.1 Å². The van der Waals surface area contributed by atoms with Gasteiger partial charge in [0.2, 0.25) is 0 Å². The van der Waals surface area contributed by atoms with Crippen molar-refractivity contribution < 1.29 is 4.74 Å². The number of thiophene rings is 1. The molecule has 0 amide bonds. The monoisotopic (exact) mass is 262 g/mol. The third kappa shape index (κ3) is 4.13. The fourth-order valence-corrected chi connectivity index (χ4v) is 2.12. The van der Waals surface area contributed by atoms with E-state index in [2.05, 4.69) is 35.6 Å². The maximum atomic E-state index is 5.74. The lowest BCUT2D eigenvalue weighted by molar-refractivity contribution is 0.309. The summed E-state index contributed by atoms with van der Waals surface area (Å²) < 4.78 is 5.74. The van der Waals surface area contributed by atoms with Gasteiger partial charge in [-0.05, 0) is 17.5 Å². The third-order valence-corrected chi connectivity index (χ3v) is 3.29. The molecule has 0 bridgehead atoms. The number of hydrogen-bond donors (Lipinski definition) is 1. The molecule has 0 aliphatic heterocycles. The Labute approximate surface area is 112 Å². The zero-order chi connectivity index (χ0) is 12.8. The van der Waals surface area contributed by atoms with Crippen molar-refractivity contribution in [2.75, 3.05) is 0 Å². The summed E-state index contributed by atoms with van der Waals surface area (Å²) in [6.45, 7) is 5.64. The van der Waals surface area contributed by atoms with Crippen LogP contribution in [0.3, 0.4) is 0 Å². The standard InChI is InChI=1S/C14H18N2OS/c1-11(2)16-9-12-8-13(5-6-15-12)17-10-14-4-3-7-18-14/h3-8,11,16H,9-10H2,1-2H3. The van der Waals surface area contributed by atoms with Gasteiger partial charge in [-0.15, -0.1) is 11.3 Å². The van der Waals surface area contributed by atoms with Crippen LogP contribution in [0, 0.1) is 0 Å². The molecule has 18 heavy (non-hydrogen) atoms. The quantitative estimate of drug-likeness (QED) is 0.868. The van der Waals surface area contributed by atoms with Gasteiger partial charge in [0.15, 0.2) is 0 Å². The maximum absolute atomic E-state index is 5.74. The zero-order valence-electron chi connectivity index (χ0n) is 10.7. The molecule has 0 saturated carbocycles. The summed E-state index contributed by atoms with van der Waals surface area (Å²) in [5.74, 6) is 0.874. The first kappa shape index (κ1) is 13.1. The largest absolute Gasteiger partial charge is 0.488 e. The highest BCUT2D eigenvalue weighted by Gasteiger charge is 2.01. The van der Waals surface area contributed by atoms with Crippen LogP contribution in [0.5, 0.6) is 5.75 Å². The van der Waals surface area contributed by atoms with Crippen LogP contribution in [-0.4, -0.2) is 11.0 Å². The predicted molar refractivity (Wildman–Crippen MR) is 74.9 cm³/mol. The second kappa shape index (κ2) is 6.52. The Balaban J connectivity index is 1.90. The number of aromatic nitrogens is 1. The van der Waals surface area contributed by atoms with E-state index in [4.69, 9.17) is 4.74 Å². The van der Waals surface area contributed by atoms with Crippen molar-refractivity contribution in [2.24, 2.45) is 0 Å². The van der Waals surface area contributed by atoms with Gasteiger partial charge in [0.05, 0.1) is 5.69 Å². The molecule has 96 valence electrons. The van der Waals surface area contributed by atoms with Crippen molar-refractivity contribution in [1.29, 1.82) is 0 Å². The van der Waals surface area contributed by atoms with E-state index in [1.165, 1.54) is 4.88 Å². The van der Waals surface area contributed by atoms with Gasteiger partial charge >= 0.3 is 0 Å². The molecule has 0 fully saturated rings. The summed E-state index contributed by atoms with van der Waals surface area (Å²) in [4.78, 5) is 5.55. The van der Waals surface area contributed by atoms with E-state index in [9.17, 15) is 0 Å². The molecule has 0 unspecified atom stereocenters. The fourth-order valence-electron chi connectivity index (χ4n) is 1.50. The third-order valence-electron chi connectivity index (χ3n) is 2.44. The average molecular weight is 262 g/mol. The van der Waals surface area contributed by atoms with Crippen molar-refractivity contribution in [3.8, 4) is 5.75 Å². The minimum Gasteiger partial charge on any atom is -0.488 e. The van der Waals surface area contributed by atoms with Crippen LogP contribution in [0.2, 0.25) is 0 Å². The number of nitrogens with one attached hydrogen (secondary N) is 1. The topological polar surface area (TPSA) is 34.1 Å². The molecule has 0 radical (unpaired) electrons. The first-order valence-corrected chi connectivity index (χ1v) is 6.95. The van der Waals surface area contributed by atoms with Crippen molar-refractivity contribution >= 4 is 11.3 Å². The van der Waals surface area contributed by atoms with E-state index in [0.717, 1.165) is 18.0 Å². The number of nitrogens with zero attached hydrogens (tertiary/aromatic N) is 1. The first-order valence-electron chi connectivity index (χ1n) is 6.07. The van der Waals surface area contributed by atoms with Crippen molar-refractivity contribution in [3.63, 3.8) is 0 Å². The molecular weight excluding hydrogens is 244 g/mol. The molecule has 2 heterocycles. The molecular formula is C14H18N2OS. The molecule has 2 aromatic heterocycles. The number of pyridine rings is 1. The second-order valence-electron chi connectivity index (χ2n) is 4.39. The van der Waals surface area contributed by atoms with E-state index in [-0.39, 0.29) is 0 Å². The van der Waals surface area contributed by atoms with E-state index in [1.807, 2.05) is 18.2 Å². The molecule has 2 rings (SSSR count). The van der Waals surface area contributed by atoms with Gasteiger partial charge in [-0.3, -0.25) is 4.98 Å². The minimum atomic E-state index is 0.461. The van der Waals surface area contributed by atoms with Gasteiger partial charge in [0, 0.05) is 29.7 Å². The maximum Gasteiger partial charge on any atom is 0.123 e. The van der Waals surface area contributed by atoms with Gasteiger partial charge in [0.25, 0.3) is 0 Å². The zero-order valence-corrected chi connectivity index (χ0v) is 11.5. The van der Waals surface area contributed by atoms with Crippen LogP contribution in [0.25, 0.3) is 0 Å². The Morgan fingerprint density at radius 3 is 3.00 bits per heavy atom. The van der Waals surface area contributed by atoms with E-state index in [1.54, 1.807) is 17.5 Å². The Hall–Kier alpha value is -1.39. The lowest BCUT2D eigenvalue weighted by Crippen LogP contribution is -2.22. The van der Waals surface area contributed by atoms with Gasteiger partial charge in [0.1, 0.15) is 12.4 Å². The van der Waals surface area contributed by atoms with Crippen LogP contribution in [0.15, 0.2) is 35.8 Å². The van der Waals surface area contributed by atoms with Crippen LogP contribution < -0.4 is 10.1 Å². The summed E-state index contributed by atoms with van der Waals surface area (Å²) in [5.41, 5.74) is 1.01. The molecule has 2 aromatic rings. The predicted octanol–water partition coefficient (Wildman–Crippen LogP) is 3.22. The van der Waals surface area contributed by atoms with E-state index < -0.39 is 0 Å². The molecule has 0 saturated heterocycles. The molecule has 0 aliphatic rings. The highest BCUT2D eigenvalue weighted by atomic mass is 32.1. The summed E-state index contributed by atoms with van der Waals surface area (Å²) in [7, 11) is 0. The Bertz CT molecular complexity index is 468. The van der Waals surface area contributed by atoms with Crippen LogP contribution in [-0.2, 0) is 13.2 Å². The van der Waals surface area contributed by atoms with Crippen molar-refractivity contribution in [1.82, 2.24) is 10.3 Å². The summed E-state index contributed by atoms with van der Waals surface area (Å²) in [6, 6.07) is 8.46. The summed E-state index contributed by atoms with van der Waals surface area (Å²) in [5, 5.41) is 5.40. The molecule has 0 atom stereocenters. The Morgan fingerprint density at radius 1 is 1.39 bits per heavy atom. The first-order chi connectivity index (χ1) is 8.74. The Kier molecular flexibility index (Phi) is 4.73. The Morgan fingerprint density at radius 2 is 2.28 bits per heavy atom. The number of ether oxygens (including phenoxy) is 1. The molecule has 4 heteroatoms. The van der Waals surface area contributed by atoms with Crippen molar-refractivity contribution in [2.45, 2.75) is 33.0 Å². The number of hydrogen-bond acceptors (Lipinski definition) is 4. The lowest BCUT2D eigenvalue weighted by Gasteiger charge is -2.09. The SMILES string of the molecule is CC(C)NCc1cc(OCc2cccs2)ccn1. The van der Waals surface area contributed by atoms with E-state index in [0.29, 0.717) is 12.6 Å².